The van der Waals surface area contributed by atoms with E-state index in [0.717, 1.165) is 6.29 Å². The maximum Gasteiger partial charge on any atom is 0.311 e. The number of ether oxygens (including phenoxy) is 1. The van der Waals surface area contributed by atoms with Crippen LogP contribution in [0.5, 0.6) is 0 Å². The minimum atomic E-state index is -2.10. The van der Waals surface area contributed by atoms with Gasteiger partial charge in [0.15, 0.2) is 16.6 Å². The minimum Gasteiger partial charge on any atom is -0.462 e. The Balaban J connectivity index is 3.02. The van der Waals surface area contributed by atoms with Crippen LogP contribution >= 0.6 is 0 Å². The molecule has 0 aliphatic carbocycles. The van der Waals surface area contributed by atoms with Crippen LogP contribution in [0.15, 0.2) is 0 Å². The van der Waals surface area contributed by atoms with E-state index in [1.165, 1.54) is 0 Å². The highest BCUT2D eigenvalue weighted by Gasteiger charge is 2.48. The van der Waals surface area contributed by atoms with Gasteiger partial charge in [-0.1, -0.05) is 48.5 Å². The van der Waals surface area contributed by atoms with Gasteiger partial charge in [0.1, 0.15) is 18.5 Å². The lowest BCUT2D eigenvalue weighted by Crippen LogP contribution is -2.55. The third kappa shape index (κ3) is 6.24. The van der Waals surface area contributed by atoms with Crippen molar-refractivity contribution >= 4 is 28.9 Å². The van der Waals surface area contributed by atoms with Crippen LogP contribution < -0.4 is 0 Å². The molecule has 170 valence electrons. The SMILES string of the molecule is C[C@@H]1[C@@H](O[Si](C)(C)C(C)(C)C)[C@@H](C)C(=O)O[C@H]1C[C@H](C=O)O[Si](C)(C)C(C)(C)C. The lowest BCUT2D eigenvalue weighted by atomic mass is 9.84. The van der Waals surface area contributed by atoms with Crippen molar-refractivity contribution < 1.29 is 23.2 Å². The molecular weight excluding hydrogens is 400 g/mol. The molecule has 5 atom stereocenters. The Morgan fingerprint density at radius 2 is 1.48 bits per heavy atom. The van der Waals surface area contributed by atoms with Crippen molar-refractivity contribution in [2.24, 2.45) is 11.8 Å². The summed E-state index contributed by atoms with van der Waals surface area (Å²) in [5.41, 5.74) is 0. The minimum absolute atomic E-state index is 0.00212. The molecule has 0 N–H and O–H groups in total. The summed E-state index contributed by atoms with van der Waals surface area (Å²) in [5.74, 6) is -0.553. The van der Waals surface area contributed by atoms with Gasteiger partial charge in [0, 0.05) is 12.3 Å². The first-order valence-electron chi connectivity index (χ1n) is 10.9. The van der Waals surface area contributed by atoms with Gasteiger partial charge in [0.25, 0.3) is 0 Å². The molecule has 1 aliphatic heterocycles. The van der Waals surface area contributed by atoms with Crippen molar-refractivity contribution in [3.05, 3.63) is 0 Å². The molecule has 1 heterocycles. The zero-order chi connectivity index (χ0) is 23.0. The van der Waals surface area contributed by atoms with E-state index in [-0.39, 0.29) is 40.1 Å². The Morgan fingerprint density at radius 3 is 1.90 bits per heavy atom. The molecule has 1 aliphatic rings. The average molecular weight is 445 g/mol. The second-order valence-electron chi connectivity index (χ2n) is 11.8. The summed E-state index contributed by atoms with van der Waals surface area (Å²) < 4.78 is 18.7. The number of aldehydes is 1. The highest BCUT2D eigenvalue weighted by molar-refractivity contribution is 6.74. The third-order valence-electron chi connectivity index (χ3n) is 7.34. The lowest BCUT2D eigenvalue weighted by molar-refractivity contribution is -0.178. The maximum absolute atomic E-state index is 12.6. The zero-order valence-electron chi connectivity index (χ0n) is 20.7. The normalized spacial score (nSPS) is 28.1. The Morgan fingerprint density at radius 1 is 1.00 bits per heavy atom. The summed E-state index contributed by atoms with van der Waals surface area (Å²) in [4.78, 5) is 24.4. The van der Waals surface area contributed by atoms with Gasteiger partial charge in [-0.25, -0.2) is 0 Å². The molecule has 0 aromatic heterocycles. The van der Waals surface area contributed by atoms with Crippen LogP contribution in [0.1, 0.15) is 61.8 Å². The van der Waals surface area contributed by atoms with Gasteiger partial charge in [-0.3, -0.25) is 4.79 Å². The summed E-state index contributed by atoms with van der Waals surface area (Å²) in [6.07, 6.45) is 0.0873. The molecule has 1 fully saturated rings. The van der Waals surface area contributed by atoms with Crippen molar-refractivity contribution in [2.75, 3.05) is 0 Å². The van der Waals surface area contributed by atoms with Gasteiger partial charge in [-0.2, -0.15) is 0 Å². The van der Waals surface area contributed by atoms with Gasteiger partial charge in [-0.15, -0.1) is 0 Å². The number of hydrogen-bond donors (Lipinski definition) is 0. The smallest absolute Gasteiger partial charge is 0.311 e. The lowest BCUT2D eigenvalue weighted by Gasteiger charge is -2.46. The van der Waals surface area contributed by atoms with Crippen molar-refractivity contribution in [3.63, 3.8) is 0 Å². The molecule has 7 heteroatoms. The number of rotatable bonds is 7. The van der Waals surface area contributed by atoms with Gasteiger partial charge in [0.2, 0.25) is 0 Å². The largest absolute Gasteiger partial charge is 0.462 e. The monoisotopic (exact) mass is 444 g/mol. The molecule has 0 aromatic carbocycles. The Bertz CT molecular complexity index is 589. The molecular formula is C22H44O5Si2. The van der Waals surface area contributed by atoms with Crippen molar-refractivity contribution in [1.29, 1.82) is 0 Å². The summed E-state index contributed by atoms with van der Waals surface area (Å²) >= 11 is 0. The van der Waals surface area contributed by atoms with E-state index in [1.54, 1.807) is 0 Å². The van der Waals surface area contributed by atoms with Crippen LogP contribution in [0.2, 0.25) is 36.3 Å². The molecule has 0 aromatic rings. The predicted molar refractivity (Wildman–Crippen MR) is 123 cm³/mol. The first-order chi connectivity index (χ1) is 12.8. The number of hydrogen-bond acceptors (Lipinski definition) is 5. The van der Waals surface area contributed by atoms with Gasteiger partial charge in [0.05, 0.1) is 12.0 Å². The van der Waals surface area contributed by atoms with E-state index < -0.39 is 22.7 Å². The topological polar surface area (TPSA) is 61.8 Å². The summed E-state index contributed by atoms with van der Waals surface area (Å²) in [7, 11) is -4.15. The number of esters is 1. The van der Waals surface area contributed by atoms with Gasteiger partial charge in [-0.05, 0) is 43.2 Å². The van der Waals surface area contributed by atoms with E-state index in [9.17, 15) is 9.59 Å². The van der Waals surface area contributed by atoms with Gasteiger partial charge >= 0.3 is 5.97 Å². The molecule has 0 spiro atoms. The number of carbonyl (C=O) groups excluding carboxylic acids is 2. The third-order valence-corrected chi connectivity index (χ3v) is 16.3. The average Bonchev–Trinajstić information content (AvgIpc) is 2.53. The molecule has 5 nitrogen and oxygen atoms in total. The van der Waals surface area contributed by atoms with Crippen molar-refractivity contribution in [3.8, 4) is 0 Å². The van der Waals surface area contributed by atoms with Crippen LogP contribution in [0, 0.1) is 11.8 Å². The first kappa shape index (κ1) is 26.5. The van der Waals surface area contributed by atoms with Gasteiger partial charge < -0.3 is 18.4 Å². The summed E-state index contributed by atoms with van der Waals surface area (Å²) in [5, 5.41) is 0.0612. The van der Waals surface area contributed by atoms with Crippen LogP contribution in [0.25, 0.3) is 0 Å². The van der Waals surface area contributed by atoms with Crippen LogP contribution in [-0.2, 0) is 23.2 Å². The van der Waals surface area contributed by atoms with E-state index in [0.29, 0.717) is 6.42 Å². The van der Waals surface area contributed by atoms with E-state index in [2.05, 4.69) is 74.7 Å². The first-order valence-corrected chi connectivity index (χ1v) is 16.7. The van der Waals surface area contributed by atoms with Crippen LogP contribution in [-0.4, -0.2) is 47.2 Å². The molecule has 0 amide bonds. The Hall–Kier alpha value is -0.506. The van der Waals surface area contributed by atoms with Crippen molar-refractivity contribution in [2.45, 2.75) is 116 Å². The fourth-order valence-electron chi connectivity index (χ4n) is 3.07. The highest BCUT2D eigenvalue weighted by atomic mass is 28.4. The quantitative estimate of drug-likeness (QED) is 0.292. The van der Waals surface area contributed by atoms with Crippen molar-refractivity contribution in [1.82, 2.24) is 0 Å². The fraction of sp³-hybridized carbons (Fsp3) is 0.909. The van der Waals surface area contributed by atoms with E-state index >= 15 is 0 Å². The second-order valence-corrected chi connectivity index (χ2v) is 21.3. The van der Waals surface area contributed by atoms with Crippen LogP contribution in [0.4, 0.5) is 0 Å². The molecule has 1 rings (SSSR count). The Labute approximate surface area is 180 Å². The standard InChI is InChI=1S/C22H44O5Si2/c1-15-18(13-17(14-23)26-28(9,10)21(3,4)5)25-20(24)16(2)19(15)27-29(11,12)22(6,7)8/h14-19H,13H2,1-12H3/t15-,16+,17+,18-,19+/m0/s1. The highest BCUT2D eigenvalue weighted by Crippen LogP contribution is 2.42. The molecule has 1 saturated heterocycles. The fourth-order valence-corrected chi connectivity index (χ4v) is 5.78. The summed E-state index contributed by atoms with van der Waals surface area (Å²) in [6.45, 7) is 25.7. The molecule has 0 saturated carbocycles. The maximum atomic E-state index is 12.6. The molecule has 0 unspecified atom stereocenters. The number of carbonyl (C=O) groups is 2. The summed E-state index contributed by atoms with van der Waals surface area (Å²) in [6, 6.07) is 0. The number of cyclic esters (lactones) is 1. The predicted octanol–water partition coefficient (Wildman–Crippen LogP) is 5.55. The molecule has 29 heavy (non-hydrogen) atoms. The Kier molecular flexibility index (Phi) is 8.17. The second kappa shape index (κ2) is 8.93. The van der Waals surface area contributed by atoms with E-state index in [4.69, 9.17) is 13.6 Å². The molecule has 0 bridgehead atoms. The van der Waals surface area contributed by atoms with Crippen LogP contribution in [0.3, 0.4) is 0 Å². The van der Waals surface area contributed by atoms with E-state index in [1.807, 2.05) is 6.92 Å². The molecule has 0 radical (unpaired) electrons. The zero-order valence-corrected chi connectivity index (χ0v) is 22.7.